The van der Waals surface area contributed by atoms with Gasteiger partial charge in [0.05, 0.1) is 16.7 Å². The van der Waals surface area contributed by atoms with Crippen LogP contribution >= 0.6 is 35.0 Å². The number of carbonyl (C=O) groups excluding carboxylic acids is 1. The molecule has 3 aromatic rings. The Balaban J connectivity index is 1.81. The van der Waals surface area contributed by atoms with Crippen LogP contribution in [0.1, 0.15) is 20.3 Å². The number of nitrogens with zero attached hydrogens (tertiary/aromatic N) is 2. The second kappa shape index (κ2) is 9.65. The number of nitrogens with one attached hydrogen (secondary N) is 1. The number of rotatable bonds is 7. The first-order valence-electron chi connectivity index (χ1n) is 9.22. The summed E-state index contributed by atoms with van der Waals surface area (Å²) in [6.45, 7) is 4.77. The Bertz CT molecular complexity index is 1080. The molecule has 1 heterocycles. The molecule has 0 aliphatic rings. The molecule has 0 aliphatic heterocycles. The fourth-order valence-electron chi connectivity index (χ4n) is 2.80. The molecule has 152 valence electrons. The molecule has 5 nitrogen and oxygen atoms in total. The van der Waals surface area contributed by atoms with Crippen molar-refractivity contribution < 1.29 is 4.79 Å². The van der Waals surface area contributed by atoms with Crippen molar-refractivity contribution in [3.63, 3.8) is 0 Å². The number of hydrogen-bond acceptors (Lipinski definition) is 4. The lowest BCUT2D eigenvalue weighted by Crippen LogP contribution is -2.25. The van der Waals surface area contributed by atoms with Crippen LogP contribution in [0.15, 0.2) is 52.4 Å². The number of carbonyl (C=O) groups is 1. The molecule has 1 amide bonds. The summed E-state index contributed by atoms with van der Waals surface area (Å²) in [5, 5.41) is 4.78. The Labute approximate surface area is 183 Å². The molecule has 3 rings (SSSR count). The van der Waals surface area contributed by atoms with Crippen molar-refractivity contribution in [2.24, 2.45) is 5.92 Å². The molecule has 29 heavy (non-hydrogen) atoms. The Morgan fingerprint density at radius 3 is 2.55 bits per heavy atom. The van der Waals surface area contributed by atoms with E-state index in [0.29, 0.717) is 44.3 Å². The fraction of sp³-hybridized carbons (Fsp3) is 0.286. The van der Waals surface area contributed by atoms with Crippen molar-refractivity contribution in [1.82, 2.24) is 9.55 Å². The van der Waals surface area contributed by atoms with E-state index >= 15 is 0 Å². The van der Waals surface area contributed by atoms with Gasteiger partial charge in [-0.05, 0) is 42.7 Å². The lowest BCUT2D eigenvalue weighted by Gasteiger charge is -2.14. The van der Waals surface area contributed by atoms with Gasteiger partial charge in [-0.2, -0.15) is 0 Å². The van der Waals surface area contributed by atoms with Crippen LogP contribution in [0, 0.1) is 5.92 Å². The number of thioether (sulfide) groups is 1. The number of hydrogen-bond donors (Lipinski definition) is 1. The smallest absolute Gasteiger partial charge is 0.262 e. The number of para-hydroxylation sites is 1. The van der Waals surface area contributed by atoms with Crippen molar-refractivity contribution >= 4 is 57.5 Å². The van der Waals surface area contributed by atoms with Gasteiger partial charge in [-0.15, -0.1) is 0 Å². The lowest BCUT2D eigenvalue weighted by molar-refractivity contribution is -0.113. The number of halogens is 2. The van der Waals surface area contributed by atoms with Gasteiger partial charge in [0, 0.05) is 22.3 Å². The van der Waals surface area contributed by atoms with E-state index < -0.39 is 0 Å². The molecule has 0 aliphatic carbocycles. The van der Waals surface area contributed by atoms with Crippen molar-refractivity contribution in [3.8, 4) is 0 Å². The van der Waals surface area contributed by atoms with Gasteiger partial charge in [0.15, 0.2) is 5.16 Å². The van der Waals surface area contributed by atoms with Crippen molar-refractivity contribution in [2.75, 3.05) is 11.1 Å². The fourth-order valence-corrected chi connectivity index (χ4v) is 4.15. The molecule has 1 N–H and O–H groups in total. The van der Waals surface area contributed by atoms with Gasteiger partial charge in [0.1, 0.15) is 0 Å². The second-order valence-corrected chi connectivity index (χ2v) is 8.86. The Morgan fingerprint density at radius 1 is 1.17 bits per heavy atom. The summed E-state index contributed by atoms with van der Waals surface area (Å²) in [5.41, 5.74) is 1.07. The first kappa shape index (κ1) is 21.7. The molecule has 0 fully saturated rings. The van der Waals surface area contributed by atoms with Crippen molar-refractivity contribution in [2.45, 2.75) is 32.0 Å². The van der Waals surface area contributed by atoms with E-state index in [-0.39, 0.29) is 17.2 Å². The topological polar surface area (TPSA) is 64.0 Å². The quantitative estimate of drug-likeness (QED) is 0.383. The minimum Gasteiger partial charge on any atom is -0.325 e. The maximum atomic E-state index is 13.0. The highest BCUT2D eigenvalue weighted by molar-refractivity contribution is 7.99. The summed E-state index contributed by atoms with van der Waals surface area (Å²) in [5.74, 6) is 0.324. The number of anilines is 1. The minimum absolute atomic E-state index is 0.0826. The largest absolute Gasteiger partial charge is 0.325 e. The van der Waals surface area contributed by atoms with Crippen LogP contribution in [0.25, 0.3) is 10.9 Å². The first-order chi connectivity index (χ1) is 13.8. The third-order valence-corrected chi connectivity index (χ3v) is 5.65. The van der Waals surface area contributed by atoms with Crippen LogP contribution in [0.5, 0.6) is 0 Å². The molecule has 0 atom stereocenters. The van der Waals surface area contributed by atoms with Gasteiger partial charge in [0.2, 0.25) is 5.91 Å². The molecule has 8 heteroatoms. The van der Waals surface area contributed by atoms with Gasteiger partial charge in [-0.3, -0.25) is 14.2 Å². The zero-order valence-electron chi connectivity index (χ0n) is 16.1. The van der Waals surface area contributed by atoms with Gasteiger partial charge >= 0.3 is 0 Å². The summed E-state index contributed by atoms with van der Waals surface area (Å²) in [4.78, 5) is 30.0. The number of benzene rings is 2. The van der Waals surface area contributed by atoms with E-state index in [1.54, 1.807) is 28.8 Å². The van der Waals surface area contributed by atoms with E-state index in [1.807, 2.05) is 18.2 Å². The SMILES string of the molecule is CC(C)CCn1c(SCC(=O)Nc2cc(Cl)cc(Cl)c2)nc2ccccc2c1=O. The molecule has 0 radical (unpaired) electrons. The highest BCUT2D eigenvalue weighted by Crippen LogP contribution is 2.23. The van der Waals surface area contributed by atoms with Crippen LogP contribution < -0.4 is 10.9 Å². The molecule has 0 bridgehead atoms. The average Bonchev–Trinajstić information content (AvgIpc) is 2.65. The molecule has 0 spiro atoms. The zero-order valence-corrected chi connectivity index (χ0v) is 18.4. The van der Waals surface area contributed by atoms with Crippen molar-refractivity contribution in [3.05, 3.63) is 62.9 Å². The highest BCUT2D eigenvalue weighted by Gasteiger charge is 2.14. The third-order valence-electron chi connectivity index (χ3n) is 4.24. The molecule has 2 aromatic carbocycles. The van der Waals surface area contributed by atoms with E-state index in [9.17, 15) is 9.59 Å². The van der Waals surface area contributed by atoms with Crippen LogP contribution in [-0.4, -0.2) is 21.2 Å². The summed E-state index contributed by atoms with van der Waals surface area (Å²) in [6, 6.07) is 12.1. The second-order valence-electron chi connectivity index (χ2n) is 7.05. The maximum absolute atomic E-state index is 13.0. The van der Waals surface area contributed by atoms with Gasteiger partial charge in [-0.25, -0.2) is 4.98 Å². The van der Waals surface area contributed by atoms with Gasteiger partial charge in [0.25, 0.3) is 5.56 Å². The Morgan fingerprint density at radius 2 is 1.86 bits per heavy atom. The third kappa shape index (κ3) is 5.75. The molecule has 0 saturated carbocycles. The molecule has 0 saturated heterocycles. The monoisotopic (exact) mass is 449 g/mol. The predicted octanol–water partition coefficient (Wildman–Crippen LogP) is 5.48. The zero-order chi connectivity index (χ0) is 21.0. The van der Waals surface area contributed by atoms with Crippen molar-refractivity contribution in [1.29, 1.82) is 0 Å². The minimum atomic E-state index is -0.230. The summed E-state index contributed by atoms with van der Waals surface area (Å²) in [6.07, 6.45) is 0.848. The van der Waals surface area contributed by atoms with Crippen LogP contribution in [0.4, 0.5) is 5.69 Å². The Hall–Kier alpha value is -2.02. The number of fused-ring (bicyclic) bond motifs is 1. The molecular weight excluding hydrogens is 429 g/mol. The summed E-state index contributed by atoms with van der Waals surface area (Å²) < 4.78 is 1.66. The van der Waals surface area contributed by atoms with Gasteiger partial charge < -0.3 is 5.32 Å². The predicted molar refractivity (Wildman–Crippen MR) is 121 cm³/mol. The first-order valence-corrected chi connectivity index (χ1v) is 11.0. The van der Waals surface area contributed by atoms with Crippen LogP contribution in [0.3, 0.4) is 0 Å². The van der Waals surface area contributed by atoms with E-state index in [1.165, 1.54) is 11.8 Å². The number of amides is 1. The number of aromatic nitrogens is 2. The average molecular weight is 450 g/mol. The summed E-state index contributed by atoms with van der Waals surface area (Å²) >= 11 is 13.2. The van der Waals surface area contributed by atoms with E-state index in [2.05, 4.69) is 24.1 Å². The van der Waals surface area contributed by atoms with E-state index in [4.69, 9.17) is 23.2 Å². The molecule has 0 unspecified atom stereocenters. The molecule has 1 aromatic heterocycles. The standard InChI is InChI=1S/C21H21Cl2N3O2S/c1-13(2)7-8-26-20(28)17-5-3-4-6-18(17)25-21(26)29-12-19(27)24-16-10-14(22)9-15(23)11-16/h3-6,9-11,13H,7-8,12H2,1-2H3,(H,24,27). The van der Waals surface area contributed by atoms with Crippen LogP contribution in [0.2, 0.25) is 10.0 Å². The summed E-state index contributed by atoms with van der Waals surface area (Å²) in [7, 11) is 0. The normalized spacial score (nSPS) is 11.2. The van der Waals surface area contributed by atoms with Crippen LogP contribution in [-0.2, 0) is 11.3 Å². The maximum Gasteiger partial charge on any atom is 0.262 e. The lowest BCUT2D eigenvalue weighted by atomic mass is 10.1. The molecular formula is C21H21Cl2N3O2S. The Kier molecular flexibility index (Phi) is 7.22. The van der Waals surface area contributed by atoms with E-state index in [0.717, 1.165) is 6.42 Å². The highest BCUT2D eigenvalue weighted by atomic mass is 35.5. The van der Waals surface area contributed by atoms with Gasteiger partial charge in [-0.1, -0.05) is 60.9 Å².